The number of methoxy groups -OCH3 is 2. The Hall–Kier alpha value is -2.69. The summed E-state index contributed by atoms with van der Waals surface area (Å²) in [7, 11) is 3.45. The molecule has 9 heteroatoms. The van der Waals surface area contributed by atoms with E-state index in [1.165, 1.54) is 5.56 Å². The highest BCUT2D eigenvalue weighted by atomic mass is 16.5. The fourth-order valence-corrected chi connectivity index (χ4v) is 6.34. The molecule has 2 aromatic carbocycles. The number of benzene rings is 2. The Morgan fingerprint density at radius 1 is 0.889 bits per heavy atom. The second-order valence-electron chi connectivity index (χ2n) is 11.8. The van der Waals surface area contributed by atoms with Crippen LogP contribution < -0.4 is 9.64 Å². The minimum atomic E-state index is -0.104. The van der Waals surface area contributed by atoms with E-state index in [1.807, 2.05) is 18.7 Å². The summed E-state index contributed by atoms with van der Waals surface area (Å²) in [6.07, 6.45) is 4.54. The van der Waals surface area contributed by atoms with Gasteiger partial charge in [-0.2, -0.15) is 0 Å². The van der Waals surface area contributed by atoms with Gasteiger partial charge in [-0.3, -0.25) is 4.79 Å². The summed E-state index contributed by atoms with van der Waals surface area (Å²) in [5.74, 6) is 0.979. The Labute approximate surface area is 270 Å². The molecule has 45 heavy (non-hydrogen) atoms. The number of ether oxygens (including phenoxy) is 6. The van der Waals surface area contributed by atoms with Crippen molar-refractivity contribution in [2.75, 3.05) is 78.3 Å². The lowest BCUT2D eigenvalue weighted by Gasteiger charge is -2.38. The van der Waals surface area contributed by atoms with Crippen LogP contribution in [0.1, 0.15) is 68.6 Å². The van der Waals surface area contributed by atoms with Gasteiger partial charge in [0.05, 0.1) is 37.7 Å². The normalized spacial score (nSPS) is 19.6. The molecule has 0 bridgehead atoms. The van der Waals surface area contributed by atoms with Crippen LogP contribution in [0.3, 0.4) is 0 Å². The summed E-state index contributed by atoms with van der Waals surface area (Å²) in [5, 5.41) is 0. The van der Waals surface area contributed by atoms with Crippen LogP contribution in [0.5, 0.6) is 5.75 Å². The highest BCUT2D eigenvalue weighted by molar-refractivity contribution is 5.77. The van der Waals surface area contributed by atoms with Gasteiger partial charge in [-0.05, 0) is 74.8 Å². The van der Waals surface area contributed by atoms with Gasteiger partial charge in [0.1, 0.15) is 19.0 Å². The van der Waals surface area contributed by atoms with E-state index in [9.17, 15) is 4.79 Å². The highest BCUT2D eigenvalue weighted by Gasteiger charge is 2.36. The van der Waals surface area contributed by atoms with Gasteiger partial charge in [-0.1, -0.05) is 30.3 Å². The minimum absolute atomic E-state index is 0.0198. The Balaban J connectivity index is 1.47. The first-order chi connectivity index (χ1) is 22.1. The molecular weight excluding hydrogens is 572 g/mol. The third kappa shape index (κ3) is 10.4. The van der Waals surface area contributed by atoms with Crippen LogP contribution in [-0.4, -0.2) is 96.4 Å². The second kappa shape index (κ2) is 19.1. The predicted octanol–water partition coefficient (Wildman–Crippen LogP) is 5.58. The number of amides is 1. The zero-order chi connectivity index (χ0) is 31.9. The Bertz CT molecular complexity index is 1140. The number of hydrogen-bond acceptors (Lipinski definition) is 8. The second-order valence-corrected chi connectivity index (χ2v) is 11.8. The summed E-state index contributed by atoms with van der Waals surface area (Å²) in [6.45, 7) is 11.1. The number of likely N-dealkylation sites (N-methyl/N-ethyl adjacent to an activating group) is 1. The largest absolute Gasteiger partial charge is 0.490 e. The maximum atomic E-state index is 12.8. The molecule has 0 N–H and O–H groups in total. The lowest BCUT2D eigenvalue weighted by molar-refractivity contribution is -0.141. The standard InChI is InChI=1S/C36H54N2O7/c1-5-37(6-2)35(39)27-45-34-11-7-10-33(36(34)30-15-12-28(13-16-30)25-42-22-9-21-41-4)44-26-29-14-17-32-31(24-29)38(19-23-43-32)18-8-20-40-3/h12-17,24,33-34,36H,5-11,18-23,25-27H2,1-4H3/t33-,34+,36+/m0/s1. The van der Waals surface area contributed by atoms with Gasteiger partial charge >= 0.3 is 0 Å². The van der Waals surface area contributed by atoms with E-state index >= 15 is 0 Å². The quantitative estimate of drug-likeness (QED) is 0.187. The molecule has 4 rings (SSSR count). The van der Waals surface area contributed by atoms with E-state index in [4.69, 9.17) is 28.4 Å². The van der Waals surface area contributed by atoms with Crippen molar-refractivity contribution in [1.82, 2.24) is 4.90 Å². The summed E-state index contributed by atoms with van der Waals surface area (Å²) >= 11 is 0. The van der Waals surface area contributed by atoms with Crippen LogP contribution in [0, 0.1) is 0 Å². The molecule has 0 radical (unpaired) electrons. The number of carbonyl (C=O) groups excluding carboxylic acids is 1. The molecule has 2 aliphatic rings. The Morgan fingerprint density at radius 3 is 2.33 bits per heavy atom. The van der Waals surface area contributed by atoms with Gasteiger partial charge in [-0.25, -0.2) is 0 Å². The molecule has 3 atom stereocenters. The summed E-state index contributed by atoms with van der Waals surface area (Å²) in [4.78, 5) is 17.1. The predicted molar refractivity (Wildman–Crippen MR) is 176 cm³/mol. The van der Waals surface area contributed by atoms with Crippen LogP contribution in [0.15, 0.2) is 42.5 Å². The molecule has 0 spiro atoms. The van der Waals surface area contributed by atoms with Gasteiger partial charge in [0.2, 0.25) is 5.91 Å². The topological polar surface area (TPSA) is 78.9 Å². The number of hydrogen-bond donors (Lipinski definition) is 0. The van der Waals surface area contributed by atoms with Crippen LogP contribution in [0.4, 0.5) is 5.69 Å². The lowest BCUT2D eigenvalue weighted by Crippen LogP contribution is -2.40. The van der Waals surface area contributed by atoms with E-state index in [0.717, 1.165) is 74.4 Å². The average Bonchev–Trinajstić information content (AvgIpc) is 3.07. The lowest BCUT2D eigenvalue weighted by atomic mass is 9.79. The molecule has 1 aliphatic heterocycles. The molecule has 250 valence electrons. The molecule has 1 saturated carbocycles. The average molecular weight is 627 g/mol. The van der Waals surface area contributed by atoms with Gasteiger partial charge in [-0.15, -0.1) is 0 Å². The summed E-state index contributed by atoms with van der Waals surface area (Å²) in [6, 6.07) is 15.0. The van der Waals surface area contributed by atoms with Crippen LogP contribution in [0.25, 0.3) is 0 Å². The number of nitrogens with zero attached hydrogens (tertiary/aromatic N) is 2. The molecular formula is C36H54N2O7. The van der Waals surface area contributed by atoms with E-state index < -0.39 is 0 Å². The van der Waals surface area contributed by atoms with Crippen molar-refractivity contribution < 1.29 is 33.2 Å². The number of anilines is 1. The molecule has 1 amide bonds. The SMILES string of the molecule is CCN(CC)C(=O)CO[C@@H]1CCC[C@H](OCc2ccc3c(c2)N(CCCOC)CCO3)[C@H]1c1ccc(COCCCOC)cc1. The van der Waals surface area contributed by atoms with E-state index in [2.05, 4.69) is 47.4 Å². The summed E-state index contributed by atoms with van der Waals surface area (Å²) in [5.41, 5.74) is 4.54. The van der Waals surface area contributed by atoms with Crippen molar-refractivity contribution in [2.45, 2.75) is 77.3 Å². The van der Waals surface area contributed by atoms with E-state index in [0.29, 0.717) is 46.1 Å². The number of carbonyl (C=O) groups is 1. The van der Waals surface area contributed by atoms with Crippen molar-refractivity contribution in [3.63, 3.8) is 0 Å². The maximum Gasteiger partial charge on any atom is 0.248 e. The Kier molecular flexibility index (Phi) is 14.9. The third-order valence-corrected chi connectivity index (χ3v) is 8.81. The van der Waals surface area contributed by atoms with Crippen molar-refractivity contribution in [1.29, 1.82) is 0 Å². The van der Waals surface area contributed by atoms with E-state index in [1.54, 1.807) is 14.2 Å². The van der Waals surface area contributed by atoms with Gasteiger partial charge in [0.15, 0.2) is 0 Å². The van der Waals surface area contributed by atoms with Gasteiger partial charge in [0, 0.05) is 59.6 Å². The number of fused-ring (bicyclic) bond motifs is 1. The first-order valence-corrected chi connectivity index (χ1v) is 16.7. The number of rotatable bonds is 19. The molecule has 1 fully saturated rings. The molecule has 1 aliphatic carbocycles. The van der Waals surface area contributed by atoms with Crippen LogP contribution >= 0.6 is 0 Å². The van der Waals surface area contributed by atoms with E-state index in [-0.39, 0.29) is 30.6 Å². The van der Waals surface area contributed by atoms with Gasteiger partial charge < -0.3 is 38.2 Å². The van der Waals surface area contributed by atoms with Crippen molar-refractivity contribution in [2.24, 2.45) is 0 Å². The molecule has 9 nitrogen and oxygen atoms in total. The van der Waals surface area contributed by atoms with Crippen molar-refractivity contribution >= 4 is 11.6 Å². The molecule has 2 aromatic rings. The molecule has 0 aromatic heterocycles. The maximum absolute atomic E-state index is 12.8. The van der Waals surface area contributed by atoms with Crippen molar-refractivity contribution in [3.05, 3.63) is 59.2 Å². The molecule has 0 saturated heterocycles. The van der Waals surface area contributed by atoms with Crippen molar-refractivity contribution in [3.8, 4) is 5.75 Å². The Morgan fingerprint density at radius 2 is 1.60 bits per heavy atom. The summed E-state index contributed by atoms with van der Waals surface area (Å²) < 4.78 is 35.3. The fourth-order valence-electron chi connectivity index (χ4n) is 6.34. The first-order valence-electron chi connectivity index (χ1n) is 16.7. The molecule has 0 unspecified atom stereocenters. The third-order valence-electron chi connectivity index (χ3n) is 8.81. The van der Waals surface area contributed by atoms with Crippen LogP contribution in [0.2, 0.25) is 0 Å². The highest BCUT2D eigenvalue weighted by Crippen LogP contribution is 2.39. The zero-order valence-electron chi connectivity index (χ0n) is 27.8. The smallest absolute Gasteiger partial charge is 0.248 e. The van der Waals surface area contributed by atoms with Gasteiger partial charge in [0.25, 0.3) is 0 Å². The zero-order valence-corrected chi connectivity index (χ0v) is 27.8. The minimum Gasteiger partial charge on any atom is -0.490 e. The fraction of sp³-hybridized carbons (Fsp3) is 0.639. The monoisotopic (exact) mass is 626 g/mol. The molecule has 1 heterocycles. The van der Waals surface area contributed by atoms with Crippen LogP contribution in [-0.2, 0) is 41.7 Å². The first kappa shape index (κ1) is 35.2.